The summed E-state index contributed by atoms with van der Waals surface area (Å²) in [7, 11) is -3.95. The minimum absolute atomic E-state index is 0.0233. The van der Waals surface area contributed by atoms with E-state index in [1.165, 1.54) is 24.3 Å². The van der Waals surface area contributed by atoms with Gasteiger partial charge in [0.15, 0.2) is 18.2 Å². The number of hydrogen-bond donors (Lipinski definition) is 2. The monoisotopic (exact) mass is 535 g/mol. The predicted octanol–water partition coefficient (Wildman–Crippen LogP) is 4.12. The van der Waals surface area contributed by atoms with Crippen LogP contribution in [0.4, 0.5) is 4.39 Å². The molecular weight excluding hydrogens is 509 g/mol. The maximum absolute atomic E-state index is 14.4. The number of hydrogen-bond acceptors (Lipinski definition) is 7. The van der Waals surface area contributed by atoms with Crippen molar-refractivity contribution in [3.8, 4) is 5.75 Å². The Kier molecular flexibility index (Phi) is 9.83. The molecule has 0 aromatic heterocycles. The molecule has 0 aliphatic carbocycles. The SMILES string of the molecule is CCOC(=O)COc1ccc(S(=O)(=O)c2ccc(CCNC[C@H](O)c3cccc(Cl)c3)cc2)cc1F. The lowest BCUT2D eigenvalue weighted by molar-refractivity contribution is -0.145. The Bertz CT molecular complexity index is 1280. The van der Waals surface area contributed by atoms with Gasteiger partial charge in [-0.25, -0.2) is 17.6 Å². The van der Waals surface area contributed by atoms with E-state index >= 15 is 0 Å². The summed E-state index contributed by atoms with van der Waals surface area (Å²) in [5, 5.41) is 14.0. The Labute approximate surface area is 214 Å². The Balaban J connectivity index is 1.55. The molecule has 2 N–H and O–H groups in total. The molecule has 3 aromatic rings. The van der Waals surface area contributed by atoms with E-state index in [9.17, 15) is 22.7 Å². The van der Waals surface area contributed by atoms with Gasteiger partial charge in [0, 0.05) is 11.6 Å². The molecule has 36 heavy (non-hydrogen) atoms. The van der Waals surface area contributed by atoms with Gasteiger partial charge in [-0.05, 0) is 73.5 Å². The summed E-state index contributed by atoms with van der Waals surface area (Å²) in [5.74, 6) is -1.80. The number of esters is 1. The summed E-state index contributed by atoms with van der Waals surface area (Å²) in [6.07, 6.45) is -0.0810. The van der Waals surface area contributed by atoms with Crippen LogP contribution >= 0.6 is 11.6 Å². The molecule has 7 nitrogen and oxygen atoms in total. The summed E-state index contributed by atoms with van der Waals surface area (Å²) in [6, 6.07) is 16.6. The third kappa shape index (κ3) is 7.51. The predicted molar refractivity (Wildman–Crippen MR) is 133 cm³/mol. The molecule has 0 aliphatic rings. The number of sulfone groups is 1. The van der Waals surface area contributed by atoms with Gasteiger partial charge in [-0.2, -0.15) is 0 Å². The quantitative estimate of drug-likeness (QED) is 0.266. The van der Waals surface area contributed by atoms with Gasteiger partial charge in [0.1, 0.15) is 0 Å². The number of carbonyl (C=O) groups excluding carboxylic acids is 1. The lowest BCUT2D eigenvalue weighted by Crippen LogP contribution is -2.23. The molecule has 0 radical (unpaired) electrons. The highest BCUT2D eigenvalue weighted by Gasteiger charge is 2.20. The third-order valence-electron chi connectivity index (χ3n) is 5.26. The zero-order valence-electron chi connectivity index (χ0n) is 19.6. The number of ether oxygens (including phenoxy) is 2. The second kappa shape index (κ2) is 12.8. The maximum atomic E-state index is 14.4. The van der Waals surface area contributed by atoms with Crippen molar-refractivity contribution in [1.82, 2.24) is 5.32 Å². The second-order valence-corrected chi connectivity index (χ2v) is 10.2. The van der Waals surface area contributed by atoms with Crippen molar-refractivity contribution in [1.29, 1.82) is 0 Å². The molecular formula is C26H27ClFNO6S. The van der Waals surface area contributed by atoms with Crippen molar-refractivity contribution in [3.05, 3.63) is 88.7 Å². The van der Waals surface area contributed by atoms with Crippen LogP contribution in [0.3, 0.4) is 0 Å². The highest BCUT2D eigenvalue weighted by Crippen LogP contribution is 2.26. The van der Waals surface area contributed by atoms with E-state index in [2.05, 4.69) is 5.32 Å². The zero-order valence-corrected chi connectivity index (χ0v) is 21.2. The van der Waals surface area contributed by atoms with Gasteiger partial charge in [-0.15, -0.1) is 0 Å². The van der Waals surface area contributed by atoms with Crippen LogP contribution in [-0.2, 0) is 25.8 Å². The lowest BCUT2D eigenvalue weighted by atomic mass is 10.1. The molecule has 10 heteroatoms. The fourth-order valence-corrected chi connectivity index (χ4v) is 4.85. The number of halogens is 2. The van der Waals surface area contributed by atoms with Crippen molar-refractivity contribution in [2.45, 2.75) is 29.2 Å². The minimum Gasteiger partial charge on any atom is -0.479 e. The summed E-state index contributed by atoms with van der Waals surface area (Å²) < 4.78 is 50.0. The number of carbonyl (C=O) groups is 1. The molecule has 0 heterocycles. The summed E-state index contributed by atoms with van der Waals surface area (Å²) >= 11 is 5.95. The third-order valence-corrected chi connectivity index (χ3v) is 7.26. The molecule has 1 atom stereocenters. The molecule has 0 bridgehead atoms. The smallest absolute Gasteiger partial charge is 0.344 e. The van der Waals surface area contributed by atoms with Gasteiger partial charge in [0.25, 0.3) is 0 Å². The van der Waals surface area contributed by atoms with Crippen LogP contribution < -0.4 is 10.1 Å². The molecule has 0 spiro atoms. The highest BCUT2D eigenvalue weighted by atomic mass is 35.5. The van der Waals surface area contributed by atoms with Gasteiger partial charge in [-0.3, -0.25) is 0 Å². The van der Waals surface area contributed by atoms with Crippen molar-refractivity contribution in [2.75, 3.05) is 26.3 Å². The molecule has 0 saturated heterocycles. The number of rotatable bonds is 12. The maximum Gasteiger partial charge on any atom is 0.344 e. The van der Waals surface area contributed by atoms with Crippen LogP contribution in [0.1, 0.15) is 24.2 Å². The normalized spacial score (nSPS) is 12.2. The van der Waals surface area contributed by atoms with E-state index in [4.69, 9.17) is 21.1 Å². The first kappa shape index (κ1) is 27.6. The second-order valence-electron chi connectivity index (χ2n) is 7.86. The van der Waals surface area contributed by atoms with Crippen LogP contribution in [0.2, 0.25) is 5.02 Å². The Hall–Kier alpha value is -2.98. The standard InChI is InChI=1S/C26H27ClFNO6S/c1-2-34-26(31)17-35-25-11-10-22(15-23(25)28)36(32,33)21-8-6-18(7-9-21)12-13-29-16-24(30)19-4-3-5-20(27)14-19/h3-11,14-15,24,29-30H,2,12-13,16-17H2,1H3/t24-/m0/s1. The van der Waals surface area contributed by atoms with Gasteiger partial charge >= 0.3 is 5.97 Å². The van der Waals surface area contributed by atoms with Crippen LogP contribution in [0.25, 0.3) is 0 Å². The molecule has 0 unspecified atom stereocenters. The molecule has 0 fully saturated rings. The fraction of sp³-hybridized carbons (Fsp3) is 0.269. The minimum atomic E-state index is -3.95. The first-order valence-corrected chi connectivity index (χ1v) is 13.1. The topological polar surface area (TPSA) is 102 Å². The van der Waals surface area contributed by atoms with Crippen molar-refractivity contribution < 1.29 is 32.2 Å². The summed E-state index contributed by atoms with van der Waals surface area (Å²) in [5.41, 5.74) is 1.62. The lowest BCUT2D eigenvalue weighted by Gasteiger charge is -2.13. The first-order chi connectivity index (χ1) is 17.2. The van der Waals surface area contributed by atoms with Gasteiger partial charge in [-0.1, -0.05) is 35.9 Å². The fourth-order valence-electron chi connectivity index (χ4n) is 3.38. The van der Waals surface area contributed by atoms with E-state index in [0.29, 0.717) is 24.5 Å². The molecule has 3 rings (SSSR count). The number of nitrogens with one attached hydrogen (secondary N) is 1. The van der Waals surface area contributed by atoms with Crippen LogP contribution in [0.15, 0.2) is 76.5 Å². The molecule has 3 aromatic carbocycles. The Morgan fingerprint density at radius 3 is 2.47 bits per heavy atom. The molecule has 0 saturated carbocycles. The van der Waals surface area contributed by atoms with Crippen LogP contribution in [-0.4, -0.2) is 45.8 Å². The molecule has 192 valence electrons. The van der Waals surface area contributed by atoms with Crippen LogP contribution in [0.5, 0.6) is 5.75 Å². The number of aliphatic hydroxyl groups is 1. The van der Waals surface area contributed by atoms with E-state index in [1.807, 2.05) is 0 Å². The molecule has 0 aliphatic heterocycles. The molecule has 0 amide bonds. The van der Waals surface area contributed by atoms with Crippen molar-refractivity contribution in [2.24, 2.45) is 0 Å². The highest BCUT2D eigenvalue weighted by molar-refractivity contribution is 7.91. The first-order valence-electron chi connectivity index (χ1n) is 11.3. The van der Waals surface area contributed by atoms with Crippen molar-refractivity contribution >= 4 is 27.4 Å². The largest absolute Gasteiger partial charge is 0.479 e. The van der Waals surface area contributed by atoms with Crippen LogP contribution in [0, 0.1) is 5.82 Å². The average Bonchev–Trinajstić information content (AvgIpc) is 2.86. The Morgan fingerprint density at radius 1 is 1.08 bits per heavy atom. The average molecular weight is 536 g/mol. The van der Waals surface area contributed by atoms with E-state index < -0.39 is 34.3 Å². The zero-order chi connectivity index (χ0) is 26.1. The van der Waals surface area contributed by atoms with Gasteiger partial charge in [0.2, 0.25) is 9.84 Å². The van der Waals surface area contributed by atoms with E-state index in [-0.39, 0.29) is 22.1 Å². The number of benzene rings is 3. The van der Waals surface area contributed by atoms with Gasteiger partial charge < -0.3 is 19.9 Å². The van der Waals surface area contributed by atoms with E-state index in [1.54, 1.807) is 43.3 Å². The Morgan fingerprint density at radius 2 is 1.81 bits per heavy atom. The van der Waals surface area contributed by atoms with E-state index in [0.717, 1.165) is 17.2 Å². The summed E-state index contributed by atoms with van der Waals surface area (Å²) in [6.45, 7) is 2.24. The number of aliphatic hydroxyl groups excluding tert-OH is 1. The van der Waals surface area contributed by atoms with Crippen molar-refractivity contribution in [3.63, 3.8) is 0 Å². The van der Waals surface area contributed by atoms with Gasteiger partial charge in [0.05, 0.1) is 22.5 Å². The summed E-state index contributed by atoms with van der Waals surface area (Å²) in [4.78, 5) is 11.2.